The van der Waals surface area contributed by atoms with Crippen LogP contribution in [0.15, 0.2) is 48.5 Å². The van der Waals surface area contributed by atoms with Crippen LogP contribution in [0.5, 0.6) is 0 Å². The van der Waals surface area contributed by atoms with Crippen molar-refractivity contribution in [3.05, 3.63) is 65.5 Å². The van der Waals surface area contributed by atoms with Crippen LogP contribution in [-0.2, 0) is 17.8 Å². The monoisotopic (exact) mass is 286 g/mol. The normalized spacial score (nSPS) is 10.4. The van der Waals surface area contributed by atoms with Crippen molar-refractivity contribution < 1.29 is 9.18 Å². The maximum atomic E-state index is 13.1. The van der Waals surface area contributed by atoms with Crippen molar-refractivity contribution in [2.45, 2.75) is 19.9 Å². The van der Waals surface area contributed by atoms with Crippen molar-refractivity contribution in [1.29, 1.82) is 0 Å². The van der Waals surface area contributed by atoms with E-state index < -0.39 is 0 Å². The molecule has 1 amide bonds. The zero-order chi connectivity index (χ0) is 15.2. The molecule has 0 unspecified atom stereocenters. The van der Waals surface area contributed by atoms with Crippen LogP contribution in [0.4, 0.5) is 10.1 Å². The summed E-state index contributed by atoms with van der Waals surface area (Å²) in [4.78, 5) is 14.1. The van der Waals surface area contributed by atoms with Gasteiger partial charge in [0.1, 0.15) is 5.82 Å². The average molecular weight is 286 g/mol. The molecule has 21 heavy (non-hydrogen) atoms. The fourth-order valence-corrected chi connectivity index (χ4v) is 2.15. The first-order valence-electron chi connectivity index (χ1n) is 6.95. The van der Waals surface area contributed by atoms with Gasteiger partial charge in [-0.2, -0.15) is 0 Å². The summed E-state index contributed by atoms with van der Waals surface area (Å²) in [6.45, 7) is 3.07. The van der Waals surface area contributed by atoms with E-state index in [0.29, 0.717) is 24.3 Å². The van der Waals surface area contributed by atoms with E-state index in [-0.39, 0.29) is 18.1 Å². The highest BCUT2D eigenvalue weighted by Gasteiger charge is 2.13. The molecule has 4 heteroatoms. The number of benzene rings is 2. The molecule has 0 fully saturated rings. The van der Waals surface area contributed by atoms with Crippen LogP contribution in [0.3, 0.4) is 0 Å². The Labute approximate surface area is 124 Å². The number of hydrogen-bond donors (Lipinski definition) is 1. The Hall–Kier alpha value is -2.36. The average Bonchev–Trinajstić information content (AvgIpc) is 2.46. The Bertz CT molecular complexity index is 610. The van der Waals surface area contributed by atoms with Crippen LogP contribution in [0.1, 0.15) is 18.1 Å². The molecule has 110 valence electrons. The molecule has 0 aliphatic rings. The summed E-state index contributed by atoms with van der Waals surface area (Å²) in [5.74, 6) is -0.332. The summed E-state index contributed by atoms with van der Waals surface area (Å²) in [5, 5.41) is 0. The van der Waals surface area contributed by atoms with Gasteiger partial charge < -0.3 is 10.6 Å². The molecular formula is C17H19FN2O. The van der Waals surface area contributed by atoms with E-state index in [1.54, 1.807) is 17.0 Å². The number of carbonyl (C=O) groups is 1. The maximum absolute atomic E-state index is 13.1. The summed E-state index contributed by atoms with van der Waals surface area (Å²) < 4.78 is 13.1. The Morgan fingerprint density at radius 3 is 2.48 bits per heavy atom. The second kappa shape index (κ2) is 6.88. The van der Waals surface area contributed by atoms with E-state index in [2.05, 4.69) is 0 Å². The quantitative estimate of drug-likeness (QED) is 0.859. The van der Waals surface area contributed by atoms with Crippen LogP contribution >= 0.6 is 0 Å². The van der Waals surface area contributed by atoms with Crippen LogP contribution < -0.4 is 5.73 Å². The lowest BCUT2D eigenvalue weighted by molar-refractivity contribution is -0.130. The predicted octanol–water partition coefficient (Wildman–Crippen LogP) is 3.00. The van der Waals surface area contributed by atoms with Crippen molar-refractivity contribution >= 4 is 11.6 Å². The highest BCUT2D eigenvalue weighted by atomic mass is 19.1. The number of nitrogen functional groups attached to an aromatic ring is 1. The zero-order valence-corrected chi connectivity index (χ0v) is 12.1. The molecule has 2 aromatic carbocycles. The van der Waals surface area contributed by atoms with Crippen molar-refractivity contribution in [2.24, 2.45) is 0 Å². The lowest BCUT2D eigenvalue weighted by Crippen LogP contribution is -2.31. The molecule has 2 N–H and O–H groups in total. The number of halogens is 1. The Kier molecular flexibility index (Phi) is 4.93. The summed E-state index contributed by atoms with van der Waals surface area (Å²) in [6.07, 6.45) is 0.209. The van der Waals surface area contributed by atoms with Crippen molar-refractivity contribution in [3.8, 4) is 0 Å². The molecule has 0 bridgehead atoms. The summed E-state index contributed by atoms with van der Waals surface area (Å²) in [5.41, 5.74) is 8.07. The molecular weight excluding hydrogens is 267 g/mol. The van der Waals surface area contributed by atoms with Crippen molar-refractivity contribution in [1.82, 2.24) is 4.90 Å². The lowest BCUT2D eigenvalue weighted by Gasteiger charge is -2.21. The van der Waals surface area contributed by atoms with Gasteiger partial charge in [-0.1, -0.05) is 24.3 Å². The number of likely N-dealkylation sites (N-methyl/N-ethyl adjacent to an activating group) is 1. The first kappa shape index (κ1) is 15.0. The second-order valence-corrected chi connectivity index (χ2v) is 4.96. The molecule has 2 aromatic rings. The number of hydrogen-bond acceptors (Lipinski definition) is 2. The van der Waals surface area contributed by atoms with E-state index in [4.69, 9.17) is 5.73 Å². The Morgan fingerprint density at radius 1 is 1.14 bits per heavy atom. The van der Waals surface area contributed by atoms with Gasteiger partial charge in [0.15, 0.2) is 0 Å². The number of carbonyl (C=O) groups excluding carboxylic acids is 1. The van der Waals surface area contributed by atoms with E-state index in [1.165, 1.54) is 12.1 Å². The molecule has 0 saturated carbocycles. The molecule has 0 saturated heterocycles. The summed E-state index contributed by atoms with van der Waals surface area (Å²) in [6, 6.07) is 13.6. The number of nitrogens with two attached hydrogens (primary N) is 1. The van der Waals surface area contributed by atoms with Gasteiger partial charge in [-0.3, -0.25) is 4.79 Å². The first-order chi connectivity index (χ1) is 10.1. The molecule has 0 atom stereocenters. The fourth-order valence-electron chi connectivity index (χ4n) is 2.15. The second-order valence-electron chi connectivity index (χ2n) is 4.96. The SMILES string of the molecule is CCN(Cc1ccc(N)cc1)C(=O)Cc1cccc(F)c1. The third-order valence-electron chi connectivity index (χ3n) is 3.33. The van der Waals surface area contributed by atoms with Crippen molar-refractivity contribution in [3.63, 3.8) is 0 Å². The molecule has 0 spiro atoms. The molecule has 0 radical (unpaired) electrons. The third kappa shape index (κ3) is 4.31. The van der Waals surface area contributed by atoms with E-state index in [1.807, 2.05) is 31.2 Å². The van der Waals surface area contributed by atoms with Gasteiger partial charge in [0.2, 0.25) is 5.91 Å². The van der Waals surface area contributed by atoms with Crippen LogP contribution in [0.25, 0.3) is 0 Å². The largest absolute Gasteiger partial charge is 0.399 e. The van der Waals surface area contributed by atoms with Gasteiger partial charge in [-0.05, 0) is 42.3 Å². The summed E-state index contributed by atoms with van der Waals surface area (Å²) >= 11 is 0. The third-order valence-corrected chi connectivity index (χ3v) is 3.33. The van der Waals surface area contributed by atoms with Gasteiger partial charge in [0.05, 0.1) is 6.42 Å². The highest BCUT2D eigenvalue weighted by Crippen LogP contribution is 2.11. The van der Waals surface area contributed by atoms with Gasteiger partial charge >= 0.3 is 0 Å². The smallest absolute Gasteiger partial charge is 0.227 e. The zero-order valence-electron chi connectivity index (χ0n) is 12.1. The molecule has 3 nitrogen and oxygen atoms in total. The Morgan fingerprint density at radius 2 is 1.86 bits per heavy atom. The number of amides is 1. The lowest BCUT2D eigenvalue weighted by atomic mass is 10.1. The highest BCUT2D eigenvalue weighted by molar-refractivity contribution is 5.78. The Balaban J connectivity index is 2.03. The van der Waals surface area contributed by atoms with Gasteiger partial charge in [-0.25, -0.2) is 4.39 Å². The predicted molar refractivity (Wildman–Crippen MR) is 82.0 cm³/mol. The van der Waals surface area contributed by atoms with Crippen LogP contribution in [0, 0.1) is 5.82 Å². The minimum absolute atomic E-state index is 0.0140. The minimum atomic E-state index is -0.318. The van der Waals surface area contributed by atoms with Crippen LogP contribution in [-0.4, -0.2) is 17.4 Å². The topological polar surface area (TPSA) is 46.3 Å². The van der Waals surface area contributed by atoms with E-state index in [0.717, 1.165) is 5.56 Å². The standard InChI is InChI=1S/C17H19FN2O/c1-2-20(12-13-6-8-16(19)9-7-13)17(21)11-14-4-3-5-15(18)10-14/h3-10H,2,11-12,19H2,1H3. The first-order valence-corrected chi connectivity index (χ1v) is 6.95. The van der Waals surface area contributed by atoms with Crippen LogP contribution in [0.2, 0.25) is 0 Å². The number of rotatable bonds is 5. The van der Waals surface area contributed by atoms with Crippen molar-refractivity contribution in [2.75, 3.05) is 12.3 Å². The summed E-state index contributed by atoms with van der Waals surface area (Å²) in [7, 11) is 0. The number of anilines is 1. The molecule has 2 rings (SSSR count). The van der Waals surface area contributed by atoms with E-state index >= 15 is 0 Å². The van der Waals surface area contributed by atoms with Gasteiger partial charge in [-0.15, -0.1) is 0 Å². The fraction of sp³-hybridized carbons (Fsp3) is 0.235. The maximum Gasteiger partial charge on any atom is 0.227 e. The molecule has 0 aliphatic carbocycles. The minimum Gasteiger partial charge on any atom is -0.399 e. The van der Waals surface area contributed by atoms with Gasteiger partial charge in [0, 0.05) is 18.8 Å². The van der Waals surface area contributed by atoms with E-state index in [9.17, 15) is 9.18 Å². The molecule has 0 aromatic heterocycles. The number of nitrogens with zero attached hydrogens (tertiary/aromatic N) is 1. The molecule has 0 heterocycles. The molecule has 0 aliphatic heterocycles. The van der Waals surface area contributed by atoms with Gasteiger partial charge in [0.25, 0.3) is 0 Å².